The summed E-state index contributed by atoms with van der Waals surface area (Å²) >= 11 is 0. The first kappa shape index (κ1) is 41.2. The Bertz CT molecular complexity index is 1530. The second kappa shape index (κ2) is 16.9. The number of carbonyl (C=O) groups excluding carboxylic acids is 3. The van der Waals surface area contributed by atoms with Crippen molar-refractivity contribution in [1.82, 2.24) is 10.2 Å². The number of methoxy groups -OCH3 is 1. The predicted molar refractivity (Wildman–Crippen MR) is 175 cm³/mol. The number of ether oxygens (including phenoxy) is 2. The number of amides is 2. The molecule has 276 valence electrons. The number of esters is 1. The molecule has 1 N–H and O–H groups in total. The SMILES string of the molecule is COC(=O)[C@@H]1Cc2ccc3cc2CN1C(=O)[C@H](C1CCCCC1)NC(=O)CCCCc1ccc(cc1)O3.F[P-](F)(F)(F)(F)F.[CH]1C=CC=C1.[Ru+]. The standard InChI is InChI=1S/C30H36N2O5.C5H5.F6P.Ru/c1-36-30(35)26-18-22-13-16-25-17-23(22)19-32(26)29(34)28(21-8-3-2-4-9-21)31-27(33)10-6-5-7-20-11-14-24(37-25)15-12-20;1-2-4-5-3-1;1-7(2,3,4,5)6;/h11-17,21,26,28H,2-10,18-19H2,1H3,(H,31,33);1-5H;;/q;;-1;+1/t26-,28-;;;/m0.../s1. The van der Waals surface area contributed by atoms with Gasteiger partial charge in [-0.1, -0.05) is 61.8 Å². The number of nitrogens with one attached hydrogen (secondary N) is 1. The van der Waals surface area contributed by atoms with Gasteiger partial charge < -0.3 is 19.7 Å². The molecule has 0 saturated heterocycles. The normalized spacial score (nSPS) is 22.1. The fraction of sp³-hybridized carbons (Fsp3) is 0.429. The molecule has 5 bridgehead atoms. The summed E-state index contributed by atoms with van der Waals surface area (Å²) in [4.78, 5) is 41.6. The maximum absolute atomic E-state index is 14.1. The Labute approximate surface area is 300 Å². The maximum Gasteiger partial charge on any atom is 1.00 e. The van der Waals surface area contributed by atoms with E-state index in [-0.39, 0.29) is 43.8 Å². The number of carbonyl (C=O) groups is 3. The average Bonchev–Trinajstić information content (AvgIpc) is 3.64. The second-order valence-corrected chi connectivity index (χ2v) is 14.4. The van der Waals surface area contributed by atoms with Gasteiger partial charge in [0, 0.05) is 25.8 Å². The minimum Gasteiger partial charge on any atom is -0.0767 e. The first-order chi connectivity index (χ1) is 23.0. The van der Waals surface area contributed by atoms with Crippen LogP contribution in [0.3, 0.4) is 0 Å². The Hall–Kier alpha value is -3.24. The van der Waals surface area contributed by atoms with E-state index in [1.165, 1.54) is 12.7 Å². The van der Waals surface area contributed by atoms with Crippen LogP contribution in [0.25, 0.3) is 0 Å². The van der Waals surface area contributed by atoms with E-state index in [1.807, 2.05) is 61.1 Å². The van der Waals surface area contributed by atoms with Crippen LogP contribution < -0.4 is 10.1 Å². The van der Waals surface area contributed by atoms with E-state index in [4.69, 9.17) is 9.47 Å². The monoisotopic (exact) mass is 816 g/mol. The predicted octanol–water partition coefficient (Wildman–Crippen LogP) is 9.39. The smallest absolute Gasteiger partial charge is 0.0767 e. The van der Waals surface area contributed by atoms with Crippen molar-refractivity contribution in [2.45, 2.75) is 82.8 Å². The summed E-state index contributed by atoms with van der Waals surface area (Å²) in [5.41, 5.74) is 3.14. The largest absolute Gasteiger partial charge is 1.00 e. The zero-order valence-corrected chi connectivity index (χ0v) is 30.1. The van der Waals surface area contributed by atoms with E-state index in [0.29, 0.717) is 18.6 Å². The molecule has 15 heteroatoms. The molecule has 2 aromatic rings. The van der Waals surface area contributed by atoms with Gasteiger partial charge in [-0.25, -0.2) is 4.79 Å². The van der Waals surface area contributed by atoms with Gasteiger partial charge in [0.1, 0.15) is 23.6 Å². The minimum absolute atomic E-state index is 0. The van der Waals surface area contributed by atoms with E-state index in [2.05, 4.69) is 17.4 Å². The molecule has 0 spiro atoms. The number of aryl methyl sites for hydroxylation is 1. The van der Waals surface area contributed by atoms with Crippen LogP contribution in [0, 0.1) is 12.3 Å². The van der Waals surface area contributed by atoms with E-state index in [1.54, 1.807) is 4.90 Å². The number of benzene rings is 2. The van der Waals surface area contributed by atoms with Gasteiger partial charge in [-0.15, -0.1) is 0 Å². The van der Waals surface area contributed by atoms with Gasteiger partial charge in [0.05, 0.1) is 7.11 Å². The topological polar surface area (TPSA) is 84.9 Å². The molecule has 50 heavy (non-hydrogen) atoms. The molecule has 7 nitrogen and oxygen atoms in total. The van der Waals surface area contributed by atoms with Crippen LogP contribution in [0.4, 0.5) is 25.2 Å². The zero-order chi connectivity index (χ0) is 35.7. The van der Waals surface area contributed by atoms with Crippen molar-refractivity contribution in [1.29, 1.82) is 0 Å². The fourth-order valence-electron chi connectivity index (χ4n) is 6.27. The van der Waals surface area contributed by atoms with E-state index in [0.717, 1.165) is 68.2 Å². The molecular weight excluding hydrogens is 774 g/mol. The Balaban J connectivity index is 0.000000443. The molecule has 2 amide bonds. The number of fused-ring (bicyclic) bond motifs is 9. The van der Waals surface area contributed by atoms with Gasteiger partial charge in [0.2, 0.25) is 11.8 Å². The number of nitrogens with zero attached hydrogens (tertiary/aromatic N) is 1. The third kappa shape index (κ3) is 14.2. The van der Waals surface area contributed by atoms with Crippen molar-refractivity contribution >= 4 is 25.6 Å². The molecule has 3 aliphatic heterocycles. The number of halogens is 6. The third-order valence-electron chi connectivity index (χ3n) is 8.60. The average molecular weight is 816 g/mol. The Morgan fingerprint density at radius 2 is 1.42 bits per heavy atom. The molecule has 2 atom stereocenters. The van der Waals surface area contributed by atoms with E-state index < -0.39 is 25.9 Å². The summed E-state index contributed by atoms with van der Waals surface area (Å²) in [7, 11) is -9.30. The van der Waals surface area contributed by atoms with Gasteiger partial charge in [0.25, 0.3) is 0 Å². The summed E-state index contributed by atoms with van der Waals surface area (Å²) < 4.78 is 70.4. The molecule has 7 rings (SSSR count). The van der Waals surface area contributed by atoms with Crippen LogP contribution in [0.2, 0.25) is 0 Å². The van der Waals surface area contributed by atoms with Crippen molar-refractivity contribution in [2.75, 3.05) is 7.11 Å². The minimum atomic E-state index is -10.7. The molecule has 0 aromatic heterocycles. The Morgan fingerprint density at radius 3 is 2.00 bits per heavy atom. The van der Waals surface area contributed by atoms with Gasteiger partial charge in [-0.05, 0) is 79.0 Å². The second-order valence-electron chi connectivity index (χ2n) is 12.5. The van der Waals surface area contributed by atoms with Crippen LogP contribution in [0.1, 0.15) is 68.1 Å². The van der Waals surface area contributed by atoms with Crippen molar-refractivity contribution in [3.05, 3.63) is 89.9 Å². The van der Waals surface area contributed by atoms with Crippen molar-refractivity contribution in [3.63, 3.8) is 0 Å². The Kier molecular flexibility index (Phi) is 13.9. The van der Waals surface area contributed by atoms with Gasteiger partial charge in [0.15, 0.2) is 0 Å². The maximum atomic E-state index is 14.1. The quantitative estimate of drug-likeness (QED) is 0.141. The number of allylic oxidation sites excluding steroid dienone is 4. The third-order valence-corrected chi connectivity index (χ3v) is 8.60. The summed E-state index contributed by atoms with van der Waals surface area (Å²) in [6.07, 6.45) is 18.3. The molecular formula is C35H41F6N2O5PRu. The van der Waals surface area contributed by atoms with E-state index >= 15 is 0 Å². The fourth-order valence-corrected chi connectivity index (χ4v) is 6.27. The van der Waals surface area contributed by atoms with Crippen molar-refractivity contribution in [2.24, 2.45) is 5.92 Å². The molecule has 2 aliphatic carbocycles. The Morgan fingerprint density at radius 1 is 0.820 bits per heavy atom. The summed E-state index contributed by atoms with van der Waals surface area (Å²) in [5, 5.41) is 3.10. The number of hydrogen-bond acceptors (Lipinski definition) is 5. The summed E-state index contributed by atoms with van der Waals surface area (Å²) in [6.45, 7) is 0.267. The van der Waals surface area contributed by atoms with Gasteiger partial charge >= 0.3 is 58.4 Å². The molecule has 0 unspecified atom stereocenters. The van der Waals surface area contributed by atoms with Gasteiger partial charge in [-0.2, -0.15) is 0 Å². The van der Waals surface area contributed by atoms with Crippen LogP contribution in [-0.2, 0) is 58.0 Å². The first-order valence-corrected chi connectivity index (χ1v) is 18.3. The zero-order valence-electron chi connectivity index (χ0n) is 27.5. The van der Waals surface area contributed by atoms with Crippen LogP contribution in [-0.4, -0.2) is 41.9 Å². The van der Waals surface area contributed by atoms with Crippen molar-refractivity contribution in [3.8, 4) is 11.5 Å². The summed E-state index contributed by atoms with van der Waals surface area (Å²) in [6, 6.07) is 12.5. The van der Waals surface area contributed by atoms with Gasteiger partial charge in [-0.3, -0.25) is 9.59 Å². The summed E-state index contributed by atoms with van der Waals surface area (Å²) in [5.74, 6) is 0.788. The van der Waals surface area contributed by atoms with Crippen LogP contribution in [0.15, 0.2) is 66.8 Å². The molecule has 5 aliphatic rings. The first-order valence-electron chi connectivity index (χ1n) is 16.3. The molecule has 3 heterocycles. The molecule has 2 radical (unpaired) electrons. The van der Waals surface area contributed by atoms with Crippen LogP contribution >= 0.6 is 7.81 Å². The van der Waals surface area contributed by atoms with Crippen molar-refractivity contribution < 1.29 is 68.5 Å². The molecule has 1 fully saturated rings. The van der Waals surface area contributed by atoms with Crippen LogP contribution in [0.5, 0.6) is 11.5 Å². The van der Waals surface area contributed by atoms with E-state index in [9.17, 15) is 39.6 Å². The molecule has 2 aromatic carbocycles. The number of rotatable bonds is 2. The number of hydrogen-bond donors (Lipinski definition) is 1. The molecule has 1 saturated carbocycles.